The summed E-state index contributed by atoms with van der Waals surface area (Å²) in [6.45, 7) is 0. The third-order valence-electron chi connectivity index (χ3n) is 3.72. The molecule has 0 amide bonds. The summed E-state index contributed by atoms with van der Waals surface area (Å²) < 4.78 is 1.25. The van der Waals surface area contributed by atoms with Gasteiger partial charge in [-0.05, 0) is 36.1 Å². The number of fused-ring (bicyclic) bond motifs is 2. The maximum absolute atomic E-state index is 4.66. The summed E-state index contributed by atoms with van der Waals surface area (Å²) in [6, 6.07) is 17.4. The second-order valence-electron chi connectivity index (χ2n) is 4.92. The molecule has 1 heterocycles. The van der Waals surface area contributed by atoms with Crippen LogP contribution in [0, 0.1) is 0 Å². The van der Waals surface area contributed by atoms with Crippen LogP contribution in [0.2, 0.25) is 0 Å². The molecule has 1 aliphatic rings. The Hall–Kier alpha value is -1.87. The van der Waals surface area contributed by atoms with Gasteiger partial charge in [-0.15, -0.1) is 0 Å². The van der Waals surface area contributed by atoms with E-state index in [2.05, 4.69) is 52.8 Å². The van der Waals surface area contributed by atoms with Crippen molar-refractivity contribution in [2.45, 2.75) is 18.9 Å². The molecular weight excluding hydrogens is 252 g/mol. The molecule has 2 nitrogen and oxygen atoms in total. The van der Waals surface area contributed by atoms with Gasteiger partial charge in [0.15, 0.2) is 5.13 Å². The maximum Gasteiger partial charge on any atom is 0.184 e. The molecule has 19 heavy (non-hydrogen) atoms. The highest BCUT2D eigenvalue weighted by molar-refractivity contribution is 7.22. The first kappa shape index (κ1) is 11.0. The number of nitrogens with one attached hydrogen (secondary N) is 1. The average Bonchev–Trinajstić information content (AvgIpc) is 3.03. The van der Waals surface area contributed by atoms with Gasteiger partial charge in [0.25, 0.3) is 0 Å². The lowest BCUT2D eigenvalue weighted by molar-refractivity contribution is 0.761. The predicted octanol–water partition coefficient (Wildman–Crippen LogP) is 4.40. The number of para-hydroxylation sites is 1. The van der Waals surface area contributed by atoms with Crippen molar-refractivity contribution in [2.75, 3.05) is 5.32 Å². The molecule has 0 bridgehead atoms. The molecule has 0 unspecified atom stereocenters. The van der Waals surface area contributed by atoms with E-state index in [0.717, 1.165) is 17.1 Å². The number of hydrogen-bond donors (Lipinski definition) is 1. The van der Waals surface area contributed by atoms with Crippen molar-refractivity contribution in [2.24, 2.45) is 0 Å². The van der Waals surface area contributed by atoms with E-state index in [0.29, 0.717) is 6.04 Å². The lowest BCUT2D eigenvalue weighted by Crippen LogP contribution is -2.06. The molecule has 1 aromatic heterocycles. The van der Waals surface area contributed by atoms with E-state index < -0.39 is 0 Å². The van der Waals surface area contributed by atoms with Gasteiger partial charge in [0.1, 0.15) is 0 Å². The van der Waals surface area contributed by atoms with Crippen molar-refractivity contribution in [1.82, 2.24) is 4.98 Å². The van der Waals surface area contributed by atoms with Crippen LogP contribution in [0.15, 0.2) is 48.5 Å². The number of hydrogen-bond acceptors (Lipinski definition) is 3. The summed E-state index contributed by atoms with van der Waals surface area (Å²) in [5.74, 6) is 0. The fraction of sp³-hybridized carbons (Fsp3) is 0.188. The molecule has 3 aromatic rings. The van der Waals surface area contributed by atoms with E-state index in [1.54, 1.807) is 11.3 Å². The molecule has 1 atom stereocenters. The molecule has 3 heteroatoms. The molecule has 1 aliphatic carbocycles. The second kappa shape index (κ2) is 4.35. The van der Waals surface area contributed by atoms with E-state index in [9.17, 15) is 0 Å². The quantitative estimate of drug-likeness (QED) is 0.744. The minimum atomic E-state index is 0.414. The Morgan fingerprint density at radius 3 is 2.84 bits per heavy atom. The molecule has 0 aliphatic heterocycles. The van der Waals surface area contributed by atoms with Gasteiger partial charge >= 0.3 is 0 Å². The van der Waals surface area contributed by atoms with Gasteiger partial charge in [0, 0.05) is 0 Å². The summed E-state index contributed by atoms with van der Waals surface area (Å²) in [5.41, 5.74) is 3.99. The van der Waals surface area contributed by atoms with Crippen LogP contribution in [-0.2, 0) is 6.42 Å². The van der Waals surface area contributed by atoms with Gasteiger partial charge in [-0.3, -0.25) is 0 Å². The topological polar surface area (TPSA) is 24.9 Å². The molecule has 0 spiro atoms. The van der Waals surface area contributed by atoms with Gasteiger partial charge in [0.05, 0.1) is 16.3 Å². The van der Waals surface area contributed by atoms with Gasteiger partial charge in [-0.2, -0.15) is 0 Å². The van der Waals surface area contributed by atoms with E-state index >= 15 is 0 Å². The van der Waals surface area contributed by atoms with Crippen LogP contribution in [0.3, 0.4) is 0 Å². The number of thiazole rings is 1. The predicted molar refractivity (Wildman–Crippen MR) is 80.7 cm³/mol. The Labute approximate surface area is 116 Å². The van der Waals surface area contributed by atoms with Crippen molar-refractivity contribution in [3.05, 3.63) is 59.7 Å². The zero-order valence-corrected chi connectivity index (χ0v) is 11.3. The van der Waals surface area contributed by atoms with Crippen molar-refractivity contribution in [1.29, 1.82) is 0 Å². The van der Waals surface area contributed by atoms with Crippen LogP contribution < -0.4 is 5.32 Å². The Bertz CT molecular complexity index is 699. The number of benzene rings is 2. The lowest BCUT2D eigenvalue weighted by atomic mass is 10.1. The number of anilines is 1. The highest BCUT2D eigenvalue weighted by Crippen LogP contribution is 2.35. The molecule has 0 fully saturated rings. The first-order chi connectivity index (χ1) is 9.40. The van der Waals surface area contributed by atoms with Crippen LogP contribution in [-0.4, -0.2) is 4.98 Å². The van der Waals surface area contributed by atoms with Gasteiger partial charge in [-0.1, -0.05) is 47.7 Å². The molecule has 0 saturated heterocycles. The second-order valence-corrected chi connectivity index (χ2v) is 5.95. The zero-order chi connectivity index (χ0) is 12.7. The van der Waals surface area contributed by atoms with E-state index in [1.807, 2.05) is 6.07 Å². The lowest BCUT2D eigenvalue weighted by Gasteiger charge is -2.12. The fourth-order valence-corrected chi connectivity index (χ4v) is 3.71. The van der Waals surface area contributed by atoms with Gasteiger partial charge in [0.2, 0.25) is 0 Å². The van der Waals surface area contributed by atoms with Gasteiger partial charge in [-0.25, -0.2) is 4.98 Å². The van der Waals surface area contributed by atoms with Crippen LogP contribution in [0.4, 0.5) is 5.13 Å². The summed E-state index contributed by atoms with van der Waals surface area (Å²) in [7, 11) is 0. The Kier molecular flexibility index (Phi) is 2.52. The first-order valence-corrected chi connectivity index (χ1v) is 7.42. The molecule has 1 N–H and O–H groups in total. The van der Waals surface area contributed by atoms with Crippen LogP contribution in [0.25, 0.3) is 10.2 Å². The van der Waals surface area contributed by atoms with E-state index in [1.165, 1.54) is 22.2 Å². The third kappa shape index (κ3) is 1.90. The van der Waals surface area contributed by atoms with Crippen molar-refractivity contribution in [3.8, 4) is 0 Å². The van der Waals surface area contributed by atoms with E-state index in [4.69, 9.17) is 0 Å². The zero-order valence-electron chi connectivity index (χ0n) is 10.5. The highest BCUT2D eigenvalue weighted by Gasteiger charge is 2.22. The summed E-state index contributed by atoms with van der Waals surface area (Å²) >= 11 is 1.74. The third-order valence-corrected chi connectivity index (χ3v) is 4.69. The Morgan fingerprint density at radius 2 is 1.89 bits per heavy atom. The fourth-order valence-electron chi connectivity index (χ4n) is 2.79. The summed E-state index contributed by atoms with van der Waals surface area (Å²) in [5, 5.41) is 4.62. The minimum absolute atomic E-state index is 0.414. The maximum atomic E-state index is 4.66. The van der Waals surface area contributed by atoms with E-state index in [-0.39, 0.29) is 0 Å². The molecule has 0 saturated carbocycles. The Balaban J connectivity index is 1.65. The van der Waals surface area contributed by atoms with Crippen molar-refractivity contribution < 1.29 is 0 Å². The first-order valence-electron chi connectivity index (χ1n) is 6.60. The number of rotatable bonds is 2. The highest BCUT2D eigenvalue weighted by atomic mass is 32.1. The molecule has 0 radical (unpaired) electrons. The largest absolute Gasteiger partial charge is 0.355 e. The molecule has 2 aromatic carbocycles. The summed E-state index contributed by atoms with van der Waals surface area (Å²) in [4.78, 5) is 4.66. The van der Waals surface area contributed by atoms with Gasteiger partial charge < -0.3 is 5.32 Å². The van der Waals surface area contributed by atoms with Crippen LogP contribution >= 0.6 is 11.3 Å². The molecule has 4 rings (SSSR count). The normalized spacial score (nSPS) is 17.6. The smallest absolute Gasteiger partial charge is 0.184 e. The summed E-state index contributed by atoms with van der Waals surface area (Å²) in [6.07, 6.45) is 2.33. The van der Waals surface area contributed by atoms with Crippen molar-refractivity contribution in [3.63, 3.8) is 0 Å². The average molecular weight is 266 g/mol. The number of aromatic nitrogens is 1. The SMILES string of the molecule is c1ccc2c(c1)CC[C@@H]2Nc1nc2ccccc2s1. The van der Waals surface area contributed by atoms with Crippen LogP contribution in [0.1, 0.15) is 23.6 Å². The number of aryl methyl sites for hydroxylation is 1. The standard InChI is InChI=1S/C16H14N2S/c1-2-6-12-11(5-1)9-10-13(12)17-16-18-14-7-3-4-8-15(14)19-16/h1-8,13H,9-10H2,(H,17,18)/t13-/m0/s1. The van der Waals surface area contributed by atoms with Crippen molar-refractivity contribution >= 4 is 26.7 Å². The Morgan fingerprint density at radius 1 is 1.05 bits per heavy atom. The molecule has 94 valence electrons. The monoisotopic (exact) mass is 266 g/mol. The minimum Gasteiger partial charge on any atom is -0.355 e. The number of nitrogens with zero attached hydrogens (tertiary/aromatic N) is 1. The molecular formula is C16H14N2S. The van der Waals surface area contributed by atoms with Crippen LogP contribution in [0.5, 0.6) is 0 Å².